The van der Waals surface area contributed by atoms with Gasteiger partial charge < -0.3 is 4.57 Å². The van der Waals surface area contributed by atoms with Gasteiger partial charge in [-0.25, -0.2) is 0 Å². The Balaban J connectivity index is 2.43. The van der Waals surface area contributed by atoms with Gasteiger partial charge in [0, 0.05) is 24.0 Å². The predicted octanol–water partition coefficient (Wildman–Crippen LogP) is 4.83. The Hall–Kier alpha value is -1.50. The van der Waals surface area contributed by atoms with E-state index in [-0.39, 0.29) is 0 Å². The summed E-state index contributed by atoms with van der Waals surface area (Å²) in [5.41, 5.74) is 5.66. The molecule has 2 aromatic rings. The first-order chi connectivity index (χ1) is 8.77. The van der Waals surface area contributed by atoms with Crippen molar-refractivity contribution in [3.8, 4) is 11.1 Å². The third kappa shape index (κ3) is 2.50. The fourth-order valence-electron chi connectivity index (χ4n) is 2.55. The third-order valence-corrected chi connectivity index (χ3v) is 3.62. The molecule has 1 aromatic heterocycles. The van der Waals surface area contributed by atoms with Gasteiger partial charge in [0.15, 0.2) is 0 Å². The summed E-state index contributed by atoms with van der Waals surface area (Å²) in [6, 6.07) is 10.8. The monoisotopic (exact) mass is 241 g/mol. The number of rotatable bonds is 5. The van der Waals surface area contributed by atoms with Gasteiger partial charge in [0.05, 0.1) is 0 Å². The highest BCUT2D eigenvalue weighted by atomic mass is 15.0. The second-order valence-electron chi connectivity index (χ2n) is 4.88. The van der Waals surface area contributed by atoms with Crippen LogP contribution in [0.5, 0.6) is 0 Å². The van der Waals surface area contributed by atoms with E-state index >= 15 is 0 Å². The van der Waals surface area contributed by atoms with Gasteiger partial charge >= 0.3 is 0 Å². The van der Waals surface area contributed by atoms with Gasteiger partial charge in [-0.15, -0.1) is 0 Å². The third-order valence-electron chi connectivity index (χ3n) is 3.62. The fourth-order valence-corrected chi connectivity index (χ4v) is 2.55. The Bertz CT molecular complexity index is 494. The lowest BCUT2D eigenvalue weighted by atomic mass is 10.0. The van der Waals surface area contributed by atoms with Gasteiger partial charge in [0.1, 0.15) is 0 Å². The molecule has 0 saturated carbocycles. The van der Waals surface area contributed by atoms with Crippen LogP contribution in [0.1, 0.15) is 37.9 Å². The highest BCUT2D eigenvalue weighted by Gasteiger charge is 2.12. The second-order valence-corrected chi connectivity index (χ2v) is 4.88. The van der Waals surface area contributed by atoms with Crippen molar-refractivity contribution < 1.29 is 0 Å². The lowest BCUT2D eigenvalue weighted by Crippen LogP contribution is -1.98. The van der Waals surface area contributed by atoms with E-state index < -0.39 is 0 Å². The molecule has 1 heteroatoms. The van der Waals surface area contributed by atoms with Gasteiger partial charge in [-0.3, -0.25) is 0 Å². The normalized spacial score (nSPS) is 10.8. The molecule has 0 spiro atoms. The van der Waals surface area contributed by atoms with Crippen LogP contribution in [0.2, 0.25) is 0 Å². The molecule has 18 heavy (non-hydrogen) atoms. The van der Waals surface area contributed by atoms with E-state index in [0.29, 0.717) is 0 Å². The summed E-state index contributed by atoms with van der Waals surface area (Å²) >= 11 is 0. The lowest BCUT2D eigenvalue weighted by molar-refractivity contribution is 0.621. The molecule has 1 heterocycles. The number of aromatic nitrogens is 1. The van der Waals surface area contributed by atoms with Gasteiger partial charge in [-0.2, -0.15) is 0 Å². The van der Waals surface area contributed by atoms with Gasteiger partial charge in [-0.05, 0) is 30.9 Å². The van der Waals surface area contributed by atoms with E-state index in [2.05, 4.69) is 61.9 Å². The summed E-state index contributed by atoms with van der Waals surface area (Å²) in [5.74, 6) is 0. The lowest BCUT2D eigenvalue weighted by Gasteiger charge is -2.07. The highest BCUT2D eigenvalue weighted by molar-refractivity contribution is 5.70. The summed E-state index contributed by atoms with van der Waals surface area (Å²) in [7, 11) is 0. The van der Waals surface area contributed by atoms with E-state index in [0.717, 1.165) is 13.0 Å². The van der Waals surface area contributed by atoms with Crippen molar-refractivity contribution in [2.24, 2.45) is 0 Å². The van der Waals surface area contributed by atoms with Gasteiger partial charge in [-0.1, -0.05) is 50.6 Å². The molecule has 0 aliphatic heterocycles. The van der Waals surface area contributed by atoms with Crippen LogP contribution in [0.4, 0.5) is 0 Å². The average Bonchev–Trinajstić information content (AvgIpc) is 2.74. The first kappa shape index (κ1) is 12.9. The minimum Gasteiger partial charge on any atom is -0.351 e. The molecule has 1 nitrogen and oxygen atoms in total. The molecule has 0 aliphatic carbocycles. The number of hydrogen-bond acceptors (Lipinski definition) is 0. The van der Waals surface area contributed by atoms with Gasteiger partial charge in [0.2, 0.25) is 0 Å². The molecule has 0 unspecified atom stereocenters. The molecule has 2 rings (SSSR count). The Morgan fingerprint density at radius 1 is 1.06 bits per heavy atom. The standard InChI is InChI=1S/C17H23N/c1-4-6-12-18-13-15(5-2)17(14(18)3)16-10-8-7-9-11-16/h7-11,13H,4-6,12H2,1-3H3. The smallest absolute Gasteiger partial charge is 0.0225 e. The van der Waals surface area contributed by atoms with E-state index in [9.17, 15) is 0 Å². The number of aryl methyl sites for hydroxylation is 2. The molecule has 0 radical (unpaired) electrons. The first-order valence-electron chi connectivity index (χ1n) is 7.02. The number of unbranched alkanes of at least 4 members (excludes halogenated alkanes) is 1. The first-order valence-corrected chi connectivity index (χ1v) is 7.02. The molecule has 96 valence electrons. The van der Waals surface area contributed by atoms with Crippen LogP contribution in [0, 0.1) is 6.92 Å². The van der Waals surface area contributed by atoms with Crippen LogP contribution in [0.15, 0.2) is 36.5 Å². The molecule has 0 amide bonds. The molecule has 0 saturated heterocycles. The molecular formula is C17H23N. The molecule has 0 atom stereocenters. The summed E-state index contributed by atoms with van der Waals surface area (Å²) in [6.45, 7) is 7.88. The van der Waals surface area contributed by atoms with Crippen LogP contribution < -0.4 is 0 Å². The van der Waals surface area contributed by atoms with Crippen molar-refractivity contribution in [2.75, 3.05) is 0 Å². The van der Waals surface area contributed by atoms with Crippen LogP contribution in [-0.4, -0.2) is 4.57 Å². The summed E-state index contributed by atoms with van der Waals surface area (Å²) in [6.07, 6.45) is 5.95. The van der Waals surface area contributed by atoms with Crippen LogP contribution in [0.25, 0.3) is 11.1 Å². The SMILES string of the molecule is CCCCn1cc(CC)c(-c2ccccc2)c1C. The molecule has 0 fully saturated rings. The summed E-state index contributed by atoms with van der Waals surface area (Å²) in [5, 5.41) is 0. The summed E-state index contributed by atoms with van der Waals surface area (Å²) in [4.78, 5) is 0. The Kier molecular flexibility index (Phi) is 4.24. The van der Waals surface area contributed by atoms with E-state index in [1.165, 1.54) is 35.2 Å². The molecular weight excluding hydrogens is 218 g/mol. The Labute approximate surface area is 110 Å². The minimum atomic E-state index is 1.10. The molecule has 1 aromatic carbocycles. The van der Waals surface area contributed by atoms with E-state index in [4.69, 9.17) is 0 Å². The average molecular weight is 241 g/mol. The fraction of sp³-hybridized carbons (Fsp3) is 0.412. The highest BCUT2D eigenvalue weighted by Crippen LogP contribution is 2.29. The maximum Gasteiger partial charge on any atom is 0.0225 e. The van der Waals surface area contributed by atoms with Crippen molar-refractivity contribution in [3.05, 3.63) is 47.8 Å². The Morgan fingerprint density at radius 3 is 2.39 bits per heavy atom. The zero-order chi connectivity index (χ0) is 13.0. The van der Waals surface area contributed by atoms with Crippen molar-refractivity contribution in [1.82, 2.24) is 4.57 Å². The number of benzene rings is 1. The zero-order valence-corrected chi connectivity index (χ0v) is 11.7. The van der Waals surface area contributed by atoms with E-state index in [1.54, 1.807) is 0 Å². The predicted molar refractivity (Wildman–Crippen MR) is 78.9 cm³/mol. The molecule has 0 N–H and O–H groups in total. The van der Waals surface area contributed by atoms with Gasteiger partial charge in [0.25, 0.3) is 0 Å². The second kappa shape index (κ2) is 5.90. The van der Waals surface area contributed by atoms with Crippen molar-refractivity contribution >= 4 is 0 Å². The quantitative estimate of drug-likeness (QED) is 0.707. The zero-order valence-electron chi connectivity index (χ0n) is 11.7. The molecule has 0 aliphatic rings. The van der Waals surface area contributed by atoms with Crippen molar-refractivity contribution in [3.63, 3.8) is 0 Å². The minimum absolute atomic E-state index is 1.10. The van der Waals surface area contributed by atoms with Crippen LogP contribution in [-0.2, 0) is 13.0 Å². The van der Waals surface area contributed by atoms with Crippen molar-refractivity contribution in [1.29, 1.82) is 0 Å². The topological polar surface area (TPSA) is 4.93 Å². The summed E-state index contributed by atoms with van der Waals surface area (Å²) < 4.78 is 2.42. The van der Waals surface area contributed by atoms with E-state index in [1.807, 2.05) is 0 Å². The Morgan fingerprint density at radius 2 is 1.78 bits per heavy atom. The van der Waals surface area contributed by atoms with Crippen LogP contribution >= 0.6 is 0 Å². The maximum atomic E-state index is 2.42. The number of nitrogens with zero attached hydrogens (tertiary/aromatic N) is 1. The van der Waals surface area contributed by atoms with Crippen molar-refractivity contribution in [2.45, 2.75) is 46.6 Å². The largest absolute Gasteiger partial charge is 0.351 e. The number of hydrogen-bond donors (Lipinski definition) is 0. The van der Waals surface area contributed by atoms with Crippen LogP contribution in [0.3, 0.4) is 0 Å². The molecule has 0 bridgehead atoms. The maximum absolute atomic E-state index is 2.42.